The molecule has 1 heterocycles. The molecule has 1 unspecified atom stereocenters. The van der Waals surface area contributed by atoms with Gasteiger partial charge in [-0.1, -0.05) is 18.0 Å². The fraction of sp³-hybridized carbons (Fsp3) is 0.533. The molecule has 0 amide bonds. The van der Waals surface area contributed by atoms with Crippen LogP contribution in [0, 0.1) is 10.1 Å². The van der Waals surface area contributed by atoms with Gasteiger partial charge in [0.15, 0.2) is 0 Å². The molecule has 1 aromatic carbocycles. The van der Waals surface area contributed by atoms with Crippen molar-refractivity contribution < 1.29 is 14.5 Å². The smallest absolute Gasteiger partial charge is 0.323 e. The molecule has 6 nitrogen and oxygen atoms in total. The lowest BCUT2D eigenvalue weighted by Crippen LogP contribution is -2.45. The van der Waals surface area contributed by atoms with Crippen molar-refractivity contribution in [1.29, 1.82) is 0 Å². The van der Waals surface area contributed by atoms with Crippen molar-refractivity contribution >= 4 is 23.3 Å². The summed E-state index contributed by atoms with van der Waals surface area (Å²) < 4.78 is 5.11. The van der Waals surface area contributed by atoms with Crippen LogP contribution in [-0.4, -0.2) is 35.0 Å². The Hall–Kier alpha value is -1.66. The zero-order valence-electron chi connectivity index (χ0n) is 12.5. The molecule has 0 bridgehead atoms. The number of nitro benzene ring substituents is 1. The minimum absolute atomic E-state index is 0.0255. The molecule has 1 atom stereocenters. The predicted molar refractivity (Wildman–Crippen MR) is 82.8 cm³/mol. The number of hydrogen-bond acceptors (Lipinski definition) is 5. The Morgan fingerprint density at radius 2 is 2.27 bits per heavy atom. The van der Waals surface area contributed by atoms with Crippen LogP contribution in [0.4, 0.5) is 5.69 Å². The Kier molecular flexibility index (Phi) is 5.74. The molecule has 1 saturated heterocycles. The van der Waals surface area contributed by atoms with Gasteiger partial charge in [-0.3, -0.25) is 19.8 Å². The average Bonchev–Trinajstić information content (AvgIpc) is 2.47. The number of halogens is 1. The Morgan fingerprint density at radius 1 is 1.50 bits per heavy atom. The molecule has 120 valence electrons. The Balaban J connectivity index is 2.21. The molecular formula is C15H19ClN2O4. The van der Waals surface area contributed by atoms with Crippen LogP contribution in [-0.2, 0) is 16.1 Å². The summed E-state index contributed by atoms with van der Waals surface area (Å²) in [7, 11) is 0. The maximum Gasteiger partial charge on any atom is 0.323 e. The van der Waals surface area contributed by atoms with E-state index >= 15 is 0 Å². The highest BCUT2D eigenvalue weighted by Gasteiger charge is 2.31. The first kappa shape index (κ1) is 16.7. The van der Waals surface area contributed by atoms with Crippen LogP contribution in [0.5, 0.6) is 0 Å². The number of benzene rings is 1. The Bertz CT molecular complexity index is 564. The van der Waals surface area contributed by atoms with Crippen molar-refractivity contribution in [2.24, 2.45) is 0 Å². The first-order valence-corrected chi connectivity index (χ1v) is 7.74. The van der Waals surface area contributed by atoms with E-state index in [0.717, 1.165) is 12.8 Å². The van der Waals surface area contributed by atoms with Gasteiger partial charge in [-0.05, 0) is 38.4 Å². The quantitative estimate of drug-likeness (QED) is 0.472. The number of carbonyl (C=O) groups is 1. The molecule has 7 heteroatoms. The van der Waals surface area contributed by atoms with Gasteiger partial charge in [-0.2, -0.15) is 0 Å². The van der Waals surface area contributed by atoms with E-state index in [-0.39, 0.29) is 17.7 Å². The van der Waals surface area contributed by atoms with Crippen LogP contribution < -0.4 is 0 Å². The van der Waals surface area contributed by atoms with Crippen LogP contribution in [0.15, 0.2) is 18.2 Å². The second kappa shape index (κ2) is 7.56. The molecule has 1 aromatic rings. The van der Waals surface area contributed by atoms with Crippen molar-refractivity contribution in [3.63, 3.8) is 0 Å². The van der Waals surface area contributed by atoms with Crippen molar-refractivity contribution in [2.45, 2.75) is 38.8 Å². The van der Waals surface area contributed by atoms with E-state index in [1.165, 1.54) is 12.1 Å². The van der Waals surface area contributed by atoms with Crippen molar-refractivity contribution in [1.82, 2.24) is 4.90 Å². The summed E-state index contributed by atoms with van der Waals surface area (Å²) in [6.45, 7) is 3.14. The SMILES string of the molecule is CCOC(=O)C1CCCCN1Cc1cc(Cl)ccc1[N+](=O)[O-]. The fourth-order valence-electron chi connectivity index (χ4n) is 2.76. The van der Waals surface area contributed by atoms with Crippen LogP contribution >= 0.6 is 11.6 Å². The van der Waals surface area contributed by atoms with E-state index in [9.17, 15) is 14.9 Å². The van der Waals surface area contributed by atoms with Gasteiger partial charge in [0, 0.05) is 23.2 Å². The standard InChI is InChI=1S/C15H19ClN2O4/c1-2-22-15(19)14-5-3-4-8-17(14)10-11-9-12(16)6-7-13(11)18(20)21/h6-7,9,14H,2-5,8,10H2,1H3. The monoisotopic (exact) mass is 326 g/mol. The van der Waals surface area contributed by atoms with E-state index in [4.69, 9.17) is 16.3 Å². The molecule has 0 N–H and O–H groups in total. The number of nitro groups is 1. The highest BCUT2D eigenvalue weighted by molar-refractivity contribution is 6.30. The van der Waals surface area contributed by atoms with Gasteiger partial charge >= 0.3 is 5.97 Å². The van der Waals surface area contributed by atoms with Gasteiger partial charge in [0.2, 0.25) is 0 Å². The van der Waals surface area contributed by atoms with E-state index in [1.807, 2.05) is 4.90 Å². The number of ether oxygens (including phenoxy) is 1. The van der Waals surface area contributed by atoms with E-state index in [2.05, 4.69) is 0 Å². The molecular weight excluding hydrogens is 308 g/mol. The van der Waals surface area contributed by atoms with Gasteiger partial charge in [0.25, 0.3) is 5.69 Å². The van der Waals surface area contributed by atoms with Crippen molar-refractivity contribution in [2.75, 3.05) is 13.2 Å². The summed E-state index contributed by atoms with van der Waals surface area (Å²) in [4.78, 5) is 24.7. The second-order valence-corrected chi connectivity index (χ2v) is 5.70. The average molecular weight is 327 g/mol. The lowest BCUT2D eigenvalue weighted by atomic mass is 10.0. The van der Waals surface area contributed by atoms with Crippen LogP contribution in [0.1, 0.15) is 31.7 Å². The Morgan fingerprint density at radius 3 is 2.95 bits per heavy atom. The highest BCUT2D eigenvalue weighted by Crippen LogP contribution is 2.27. The van der Waals surface area contributed by atoms with Gasteiger partial charge < -0.3 is 4.74 Å². The molecule has 0 spiro atoms. The minimum Gasteiger partial charge on any atom is -0.465 e. The number of carbonyl (C=O) groups excluding carboxylic acids is 1. The van der Waals surface area contributed by atoms with Gasteiger partial charge in [-0.15, -0.1) is 0 Å². The molecule has 0 aromatic heterocycles. The van der Waals surface area contributed by atoms with E-state index < -0.39 is 4.92 Å². The summed E-state index contributed by atoms with van der Waals surface area (Å²) in [5.41, 5.74) is 0.547. The van der Waals surface area contributed by atoms with Crippen LogP contribution in [0.3, 0.4) is 0 Å². The fourth-order valence-corrected chi connectivity index (χ4v) is 2.96. The zero-order valence-corrected chi connectivity index (χ0v) is 13.2. The van der Waals surface area contributed by atoms with E-state index in [1.54, 1.807) is 13.0 Å². The molecule has 1 aliphatic rings. The highest BCUT2D eigenvalue weighted by atomic mass is 35.5. The number of hydrogen-bond donors (Lipinski definition) is 0. The third-order valence-corrected chi connectivity index (χ3v) is 4.02. The molecule has 0 aliphatic carbocycles. The van der Waals surface area contributed by atoms with Crippen molar-refractivity contribution in [3.05, 3.63) is 38.9 Å². The minimum atomic E-state index is -0.422. The molecule has 1 aliphatic heterocycles. The molecule has 0 radical (unpaired) electrons. The number of piperidine rings is 1. The number of likely N-dealkylation sites (tertiary alicyclic amines) is 1. The third kappa shape index (κ3) is 3.96. The summed E-state index contributed by atoms with van der Waals surface area (Å²) in [5.74, 6) is -0.258. The molecule has 0 saturated carbocycles. The van der Waals surface area contributed by atoms with Crippen molar-refractivity contribution in [3.8, 4) is 0 Å². The maximum absolute atomic E-state index is 12.1. The summed E-state index contributed by atoms with van der Waals surface area (Å²) in [6, 6.07) is 4.16. The topological polar surface area (TPSA) is 72.7 Å². The summed E-state index contributed by atoms with van der Waals surface area (Å²) >= 11 is 5.96. The normalized spacial score (nSPS) is 18.9. The molecule has 22 heavy (non-hydrogen) atoms. The maximum atomic E-state index is 12.1. The largest absolute Gasteiger partial charge is 0.465 e. The predicted octanol–water partition coefficient (Wildman–Crippen LogP) is 3.17. The first-order valence-electron chi connectivity index (χ1n) is 7.36. The van der Waals surface area contributed by atoms with Gasteiger partial charge in [-0.25, -0.2) is 0 Å². The first-order chi connectivity index (χ1) is 10.5. The summed E-state index contributed by atoms with van der Waals surface area (Å²) in [6.07, 6.45) is 2.63. The lowest BCUT2D eigenvalue weighted by Gasteiger charge is -2.33. The second-order valence-electron chi connectivity index (χ2n) is 5.26. The Labute approximate surface area is 134 Å². The third-order valence-electron chi connectivity index (χ3n) is 3.78. The van der Waals surface area contributed by atoms with E-state index in [0.29, 0.717) is 36.7 Å². The number of esters is 1. The number of nitrogens with zero attached hydrogens (tertiary/aromatic N) is 2. The number of rotatable bonds is 5. The lowest BCUT2D eigenvalue weighted by molar-refractivity contribution is -0.385. The van der Waals surface area contributed by atoms with Gasteiger partial charge in [0.05, 0.1) is 11.5 Å². The molecule has 2 rings (SSSR count). The zero-order chi connectivity index (χ0) is 16.1. The van der Waals surface area contributed by atoms with Crippen LogP contribution in [0.25, 0.3) is 0 Å². The van der Waals surface area contributed by atoms with Gasteiger partial charge in [0.1, 0.15) is 6.04 Å². The molecule has 1 fully saturated rings. The summed E-state index contributed by atoms with van der Waals surface area (Å²) in [5, 5.41) is 11.6. The van der Waals surface area contributed by atoms with Crippen LogP contribution in [0.2, 0.25) is 5.02 Å².